The Morgan fingerprint density at radius 2 is 1.93 bits per heavy atom. The van der Waals surface area contributed by atoms with Crippen molar-refractivity contribution in [1.82, 2.24) is 4.90 Å². The number of amides is 2. The Labute approximate surface area is 168 Å². The van der Waals surface area contributed by atoms with E-state index in [0.717, 1.165) is 30.8 Å². The number of hydrogen-bond donors (Lipinski definition) is 1. The van der Waals surface area contributed by atoms with Gasteiger partial charge >= 0.3 is 5.97 Å². The van der Waals surface area contributed by atoms with Crippen LogP contribution in [0.2, 0.25) is 0 Å². The summed E-state index contributed by atoms with van der Waals surface area (Å²) in [6, 6.07) is 11.7. The summed E-state index contributed by atoms with van der Waals surface area (Å²) in [4.78, 5) is 39.4. The lowest BCUT2D eigenvalue weighted by Gasteiger charge is -2.26. The van der Waals surface area contributed by atoms with Crippen molar-refractivity contribution in [3.8, 4) is 6.07 Å². The van der Waals surface area contributed by atoms with E-state index in [4.69, 9.17) is 5.26 Å². The van der Waals surface area contributed by atoms with Gasteiger partial charge in [-0.3, -0.25) is 14.5 Å². The fourth-order valence-electron chi connectivity index (χ4n) is 3.61. The molecule has 0 spiro atoms. The second-order valence-corrected chi connectivity index (χ2v) is 6.99. The second-order valence-electron chi connectivity index (χ2n) is 6.99. The van der Waals surface area contributed by atoms with Crippen molar-refractivity contribution in [2.45, 2.75) is 25.8 Å². The summed E-state index contributed by atoms with van der Waals surface area (Å²) < 4.78 is 0. The molecule has 7 nitrogen and oxygen atoms in total. The van der Waals surface area contributed by atoms with Crippen LogP contribution < -0.4 is 4.90 Å². The lowest BCUT2D eigenvalue weighted by molar-refractivity contribution is -0.139. The molecule has 2 aromatic rings. The van der Waals surface area contributed by atoms with E-state index in [1.165, 1.54) is 6.07 Å². The number of carboxylic acids is 1. The monoisotopic (exact) mass is 391 g/mol. The molecule has 1 heterocycles. The SMILES string of the molecule is Cc1cc(N(C=O)C(C(=O)O)c2cccc(C#N)c2)ccc1C(=O)N1CCCC1. The number of anilines is 1. The zero-order valence-electron chi connectivity index (χ0n) is 16.0. The first-order valence-electron chi connectivity index (χ1n) is 9.32. The molecule has 1 atom stereocenters. The van der Waals surface area contributed by atoms with Gasteiger partial charge in [-0.2, -0.15) is 5.26 Å². The number of carboxylic acid groups (broad SMARTS) is 1. The lowest BCUT2D eigenvalue weighted by atomic mass is 10.0. The molecule has 1 aliphatic rings. The number of carbonyl (C=O) groups is 3. The Kier molecular flexibility index (Phi) is 5.93. The highest BCUT2D eigenvalue weighted by molar-refractivity contribution is 5.97. The fourth-order valence-corrected chi connectivity index (χ4v) is 3.61. The molecule has 29 heavy (non-hydrogen) atoms. The first kappa shape index (κ1) is 20.1. The van der Waals surface area contributed by atoms with Gasteiger partial charge in [0.2, 0.25) is 6.41 Å². The standard InChI is InChI=1S/C22H21N3O4/c1-15-11-18(7-8-19(15)21(27)24-9-2-3-10-24)25(14-26)20(22(28)29)17-6-4-5-16(12-17)13-23/h4-8,11-12,14,20H,2-3,9-10H2,1H3,(H,28,29). The molecule has 0 aromatic heterocycles. The van der Waals surface area contributed by atoms with Gasteiger partial charge in [-0.1, -0.05) is 12.1 Å². The van der Waals surface area contributed by atoms with E-state index in [9.17, 15) is 19.5 Å². The number of nitriles is 1. The summed E-state index contributed by atoms with van der Waals surface area (Å²) >= 11 is 0. The molecule has 1 saturated heterocycles. The van der Waals surface area contributed by atoms with Crippen molar-refractivity contribution >= 4 is 24.0 Å². The second kappa shape index (κ2) is 8.57. The van der Waals surface area contributed by atoms with Crippen molar-refractivity contribution in [3.63, 3.8) is 0 Å². The predicted molar refractivity (Wildman–Crippen MR) is 106 cm³/mol. The Morgan fingerprint density at radius 3 is 2.52 bits per heavy atom. The first-order valence-corrected chi connectivity index (χ1v) is 9.32. The molecule has 1 N–H and O–H groups in total. The predicted octanol–water partition coefficient (Wildman–Crippen LogP) is 2.89. The quantitative estimate of drug-likeness (QED) is 0.763. The lowest BCUT2D eigenvalue weighted by Crippen LogP contribution is -2.33. The minimum atomic E-state index is -1.29. The largest absolute Gasteiger partial charge is 0.479 e. The van der Waals surface area contributed by atoms with Crippen LogP contribution in [0.1, 0.15) is 45.9 Å². The van der Waals surface area contributed by atoms with Crippen LogP contribution in [0.5, 0.6) is 0 Å². The molecular weight excluding hydrogens is 370 g/mol. The van der Waals surface area contributed by atoms with E-state index in [2.05, 4.69) is 0 Å². The zero-order valence-corrected chi connectivity index (χ0v) is 16.0. The van der Waals surface area contributed by atoms with Crippen LogP contribution in [0.15, 0.2) is 42.5 Å². The summed E-state index contributed by atoms with van der Waals surface area (Å²) in [5.74, 6) is -1.28. The highest BCUT2D eigenvalue weighted by atomic mass is 16.4. The number of rotatable bonds is 6. The van der Waals surface area contributed by atoms with Crippen LogP contribution in [0, 0.1) is 18.3 Å². The average Bonchev–Trinajstić information content (AvgIpc) is 3.26. The maximum Gasteiger partial charge on any atom is 0.331 e. The molecule has 1 aliphatic heterocycles. The van der Waals surface area contributed by atoms with Gasteiger partial charge in [-0.05, 0) is 61.2 Å². The van der Waals surface area contributed by atoms with Crippen molar-refractivity contribution in [1.29, 1.82) is 5.26 Å². The van der Waals surface area contributed by atoms with Crippen LogP contribution in [0.3, 0.4) is 0 Å². The van der Waals surface area contributed by atoms with Gasteiger partial charge in [0.1, 0.15) is 0 Å². The smallest absolute Gasteiger partial charge is 0.331 e. The van der Waals surface area contributed by atoms with Crippen molar-refractivity contribution < 1.29 is 19.5 Å². The third kappa shape index (κ3) is 4.11. The molecule has 0 radical (unpaired) electrons. The van der Waals surface area contributed by atoms with Crippen LogP contribution in [-0.4, -0.2) is 41.4 Å². The molecule has 0 bridgehead atoms. The number of carbonyl (C=O) groups excluding carboxylic acids is 2. The third-order valence-electron chi connectivity index (χ3n) is 5.09. The minimum absolute atomic E-state index is 0.0549. The van der Waals surface area contributed by atoms with E-state index in [0.29, 0.717) is 34.4 Å². The Balaban J connectivity index is 1.96. The van der Waals surface area contributed by atoms with Gasteiger partial charge in [-0.15, -0.1) is 0 Å². The number of nitrogens with zero attached hydrogens (tertiary/aromatic N) is 3. The summed E-state index contributed by atoms with van der Waals surface area (Å²) in [6.45, 7) is 3.23. The highest BCUT2D eigenvalue weighted by Crippen LogP contribution is 2.29. The molecule has 3 rings (SSSR count). The molecular formula is C22H21N3O4. The molecule has 2 aromatic carbocycles. The minimum Gasteiger partial charge on any atom is -0.479 e. The van der Waals surface area contributed by atoms with Crippen LogP contribution in [0.25, 0.3) is 0 Å². The Hall–Kier alpha value is -3.66. The fraction of sp³-hybridized carbons (Fsp3) is 0.273. The van der Waals surface area contributed by atoms with Crippen LogP contribution in [0.4, 0.5) is 5.69 Å². The Bertz CT molecular complexity index is 990. The van der Waals surface area contributed by atoms with Gasteiger partial charge < -0.3 is 10.0 Å². The third-order valence-corrected chi connectivity index (χ3v) is 5.09. The van der Waals surface area contributed by atoms with E-state index >= 15 is 0 Å². The van der Waals surface area contributed by atoms with E-state index in [1.54, 1.807) is 48.2 Å². The molecule has 7 heteroatoms. The molecule has 1 unspecified atom stereocenters. The number of aliphatic carboxylic acids is 1. The number of hydrogen-bond acceptors (Lipinski definition) is 4. The van der Waals surface area contributed by atoms with Gasteiger partial charge in [0.25, 0.3) is 5.91 Å². The molecule has 0 aliphatic carbocycles. The van der Waals surface area contributed by atoms with E-state index in [1.807, 2.05) is 6.07 Å². The topological polar surface area (TPSA) is 102 Å². The van der Waals surface area contributed by atoms with Crippen molar-refractivity contribution in [2.24, 2.45) is 0 Å². The van der Waals surface area contributed by atoms with E-state index < -0.39 is 12.0 Å². The molecule has 148 valence electrons. The summed E-state index contributed by atoms with van der Waals surface area (Å²) in [7, 11) is 0. The summed E-state index contributed by atoms with van der Waals surface area (Å²) in [5, 5.41) is 18.9. The van der Waals surface area contributed by atoms with Crippen molar-refractivity contribution in [2.75, 3.05) is 18.0 Å². The summed E-state index contributed by atoms with van der Waals surface area (Å²) in [6.07, 6.45) is 2.43. The maximum atomic E-state index is 12.7. The first-order chi connectivity index (χ1) is 14.0. The molecule has 1 fully saturated rings. The summed E-state index contributed by atoms with van der Waals surface area (Å²) in [5.41, 5.74) is 2.20. The average molecular weight is 391 g/mol. The van der Waals surface area contributed by atoms with Crippen LogP contribution >= 0.6 is 0 Å². The number of likely N-dealkylation sites (tertiary alicyclic amines) is 1. The normalized spacial score (nSPS) is 14.1. The van der Waals surface area contributed by atoms with E-state index in [-0.39, 0.29) is 5.91 Å². The molecule has 2 amide bonds. The van der Waals surface area contributed by atoms with Gasteiger partial charge in [0.15, 0.2) is 6.04 Å². The zero-order chi connectivity index (χ0) is 21.0. The van der Waals surface area contributed by atoms with Crippen molar-refractivity contribution in [3.05, 3.63) is 64.7 Å². The Morgan fingerprint density at radius 1 is 1.21 bits per heavy atom. The molecule has 0 saturated carbocycles. The van der Waals surface area contributed by atoms with Gasteiger partial charge in [0.05, 0.1) is 11.6 Å². The van der Waals surface area contributed by atoms with Crippen LogP contribution in [-0.2, 0) is 9.59 Å². The number of aryl methyl sites for hydroxylation is 1. The van der Waals surface area contributed by atoms with Gasteiger partial charge in [0, 0.05) is 24.3 Å². The highest BCUT2D eigenvalue weighted by Gasteiger charge is 2.29. The maximum absolute atomic E-state index is 12.7. The number of benzene rings is 2. The van der Waals surface area contributed by atoms with Gasteiger partial charge in [-0.25, -0.2) is 4.79 Å².